The van der Waals surface area contributed by atoms with Crippen molar-refractivity contribution >= 4 is 17.4 Å². The van der Waals surface area contributed by atoms with Gasteiger partial charge in [-0.1, -0.05) is 0 Å². The van der Waals surface area contributed by atoms with Crippen molar-refractivity contribution in [3.8, 4) is 0 Å². The summed E-state index contributed by atoms with van der Waals surface area (Å²) in [4.78, 5) is 17.3. The smallest absolute Gasteiger partial charge is 0.383 e. The second kappa shape index (κ2) is 7.28. The van der Waals surface area contributed by atoms with E-state index in [1.807, 2.05) is 0 Å². The summed E-state index contributed by atoms with van der Waals surface area (Å²) >= 11 is 1.01. The summed E-state index contributed by atoms with van der Waals surface area (Å²) in [6.45, 7) is 1.83. The van der Waals surface area contributed by atoms with Crippen molar-refractivity contribution in [3.05, 3.63) is 16.1 Å². The van der Waals surface area contributed by atoms with Crippen molar-refractivity contribution in [3.63, 3.8) is 0 Å². The second-order valence-electron chi connectivity index (χ2n) is 5.08. The van der Waals surface area contributed by atoms with Gasteiger partial charge in [0.15, 0.2) is 5.69 Å². The summed E-state index contributed by atoms with van der Waals surface area (Å²) in [5.74, 6) is -0.136. The highest BCUT2D eigenvalue weighted by atomic mass is 32.1. The minimum absolute atomic E-state index is 0.136. The quantitative estimate of drug-likeness (QED) is 0.860. The van der Waals surface area contributed by atoms with Gasteiger partial charge in [-0.2, -0.15) is 13.2 Å². The Balaban J connectivity index is 1.95. The van der Waals surface area contributed by atoms with Crippen molar-refractivity contribution < 1.29 is 22.7 Å². The fourth-order valence-electron chi connectivity index (χ4n) is 2.34. The van der Waals surface area contributed by atoms with Gasteiger partial charge in [-0.05, 0) is 12.8 Å². The number of nitrogens with one attached hydrogen (secondary N) is 1. The molecule has 0 unspecified atom stereocenters. The van der Waals surface area contributed by atoms with Crippen LogP contribution in [0.1, 0.15) is 29.5 Å². The summed E-state index contributed by atoms with van der Waals surface area (Å²) in [6.07, 6.45) is -2.92. The number of hydrogen-bond acceptors (Lipinski definition) is 4. The molecule has 2 heterocycles. The highest BCUT2D eigenvalue weighted by Gasteiger charge is 2.35. The molecule has 1 aliphatic heterocycles. The Bertz CT molecular complexity index is 507. The zero-order valence-electron chi connectivity index (χ0n) is 12.2. The van der Waals surface area contributed by atoms with Crippen molar-refractivity contribution in [2.24, 2.45) is 0 Å². The molecule has 0 radical (unpaired) electrons. The first-order chi connectivity index (χ1) is 10.4. The van der Waals surface area contributed by atoms with E-state index in [2.05, 4.69) is 10.3 Å². The van der Waals surface area contributed by atoms with E-state index < -0.39 is 11.9 Å². The Morgan fingerprint density at radius 3 is 3.00 bits per heavy atom. The molecule has 1 aliphatic rings. The maximum atomic E-state index is 12.6. The molecule has 1 atom stereocenters. The molecule has 1 fully saturated rings. The average Bonchev–Trinajstić information content (AvgIpc) is 2.97. The first-order valence-corrected chi connectivity index (χ1v) is 7.84. The molecule has 0 saturated carbocycles. The van der Waals surface area contributed by atoms with Crippen LogP contribution in [0.5, 0.6) is 0 Å². The predicted octanol–water partition coefficient (Wildman–Crippen LogP) is 2.70. The van der Waals surface area contributed by atoms with Crippen LogP contribution in [0.15, 0.2) is 5.38 Å². The standard InChI is InChI=1S/C13H18F3N3O2S/c1-21-6-4-17-12(20)19-5-2-3-9(7-19)11-18-10(8-22-11)13(14,15)16/h8-9H,2-7H2,1H3,(H,17,20)/t9-/m0/s1. The van der Waals surface area contributed by atoms with Crippen LogP contribution in [-0.4, -0.2) is 49.3 Å². The maximum absolute atomic E-state index is 12.6. The number of rotatable bonds is 4. The number of alkyl halides is 3. The summed E-state index contributed by atoms with van der Waals surface area (Å²) in [7, 11) is 1.55. The van der Waals surface area contributed by atoms with Crippen molar-refractivity contribution in [1.82, 2.24) is 15.2 Å². The number of halogens is 3. The topological polar surface area (TPSA) is 54.5 Å². The Kier molecular flexibility index (Phi) is 5.63. The van der Waals surface area contributed by atoms with Crippen molar-refractivity contribution in [2.75, 3.05) is 33.4 Å². The number of amides is 2. The van der Waals surface area contributed by atoms with E-state index in [0.29, 0.717) is 31.2 Å². The SMILES string of the molecule is COCCNC(=O)N1CCC[C@H](c2nc(C(F)(F)F)cs2)C1. The lowest BCUT2D eigenvalue weighted by Gasteiger charge is -2.31. The number of carbonyl (C=O) groups is 1. The van der Waals surface area contributed by atoms with Gasteiger partial charge in [0, 0.05) is 38.0 Å². The van der Waals surface area contributed by atoms with Crippen LogP contribution in [0.2, 0.25) is 0 Å². The summed E-state index contributed by atoms with van der Waals surface area (Å²) in [5, 5.41) is 4.20. The zero-order chi connectivity index (χ0) is 16.2. The number of thiazole rings is 1. The van der Waals surface area contributed by atoms with E-state index in [-0.39, 0.29) is 11.9 Å². The van der Waals surface area contributed by atoms with E-state index in [4.69, 9.17) is 4.74 Å². The lowest BCUT2D eigenvalue weighted by Crippen LogP contribution is -2.45. The molecule has 1 saturated heterocycles. The third kappa shape index (κ3) is 4.33. The van der Waals surface area contributed by atoms with Gasteiger partial charge in [0.1, 0.15) is 0 Å². The van der Waals surface area contributed by atoms with Gasteiger partial charge in [-0.3, -0.25) is 0 Å². The Morgan fingerprint density at radius 1 is 1.59 bits per heavy atom. The number of likely N-dealkylation sites (tertiary alicyclic amines) is 1. The van der Waals surface area contributed by atoms with Gasteiger partial charge in [-0.25, -0.2) is 9.78 Å². The molecule has 1 aromatic rings. The molecule has 124 valence electrons. The number of methoxy groups -OCH3 is 1. The Hall–Kier alpha value is -1.35. The van der Waals surface area contributed by atoms with Gasteiger partial charge in [0.05, 0.1) is 11.6 Å². The van der Waals surface area contributed by atoms with E-state index in [0.717, 1.165) is 29.6 Å². The summed E-state index contributed by atoms with van der Waals surface area (Å²) in [5.41, 5.74) is -0.853. The molecular formula is C13H18F3N3O2S. The maximum Gasteiger partial charge on any atom is 0.434 e. The van der Waals surface area contributed by atoms with Gasteiger partial charge in [-0.15, -0.1) is 11.3 Å². The lowest BCUT2D eigenvalue weighted by molar-refractivity contribution is -0.140. The highest BCUT2D eigenvalue weighted by molar-refractivity contribution is 7.09. The predicted molar refractivity (Wildman–Crippen MR) is 75.9 cm³/mol. The molecule has 9 heteroatoms. The van der Waals surface area contributed by atoms with Crippen molar-refractivity contribution in [2.45, 2.75) is 24.9 Å². The number of aromatic nitrogens is 1. The van der Waals surface area contributed by atoms with Crippen LogP contribution >= 0.6 is 11.3 Å². The first-order valence-electron chi connectivity index (χ1n) is 6.96. The molecule has 1 N–H and O–H groups in total. The highest BCUT2D eigenvalue weighted by Crippen LogP contribution is 2.34. The van der Waals surface area contributed by atoms with Gasteiger partial charge in [0.2, 0.25) is 0 Å². The average molecular weight is 337 g/mol. The van der Waals surface area contributed by atoms with Crippen LogP contribution in [0.25, 0.3) is 0 Å². The molecule has 1 aromatic heterocycles. The van der Waals surface area contributed by atoms with Crippen LogP contribution in [0.4, 0.5) is 18.0 Å². The van der Waals surface area contributed by atoms with Crippen molar-refractivity contribution in [1.29, 1.82) is 0 Å². The third-order valence-electron chi connectivity index (χ3n) is 3.45. The first kappa shape index (κ1) is 17.0. The molecular weight excluding hydrogens is 319 g/mol. The Morgan fingerprint density at radius 2 is 2.36 bits per heavy atom. The van der Waals surface area contributed by atoms with E-state index in [1.54, 1.807) is 12.0 Å². The van der Waals surface area contributed by atoms with Gasteiger partial charge in [0.25, 0.3) is 0 Å². The monoisotopic (exact) mass is 337 g/mol. The van der Waals surface area contributed by atoms with E-state index in [9.17, 15) is 18.0 Å². The van der Waals surface area contributed by atoms with Crippen LogP contribution in [0.3, 0.4) is 0 Å². The molecule has 0 bridgehead atoms. The second-order valence-corrected chi connectivity index (χ2v) is 5.97. The molecule has 0 aromatic carbocycles. The van der Waals surface area contributed by atoms with Gasteiger partial charge < -0.3 is 15.0 Å². The fraction of sp³-hybridized carbons (Fsp3) is 0.692. The summed E-state index contributed by atoms with van der Waals surface area (Å²) < 4.78 is 42.7. The van der Waals surface area contributed by atoms with Crippen LogP contribution in [0, 0.1) is 0 Å². The normalized spacial score (nSPS) is 19.3. The van der Waals surface area contributed by atoms with Crippen LogP contribution < -0.4 is 5.32 Å². The fourth-order valence-corrected chi connectivity index (χ4v) is 3.29. The Labute approximate surface area is 130 Å². The van der Waals surface area contributed by atoms with Crippen LogP contribution in [-0.2, 0) is 10.9 Å². The number of carbonyl (C=O) groups excluding carboxylic acids is 1. The number of ether oxygens (including phenoxy) is 1. The number of urea groups is 1. The minimum atomic E-state index is -4.42. The number of piperidine rings is 1. The lowest BCUT2D eigenvalue weighted by atomic mass is 9.99. The largest absolute Gasteiger partial charge is 0.434 e. The van der Waals surface area contributed by atoms with E-state index >= 15 is 0 Å². The van der Waals surface area contributed by atoms with Gasteiger partial charge >= 0.3 is 12.2 Å². The molecule has 2 amide bonds. The molecule has 0 spiro atoms. The third-order valence-corrected chi connectivity index (χ3v) is 4.46. The molecule has 5 nitrogen and oxygen atoms in total. The molecule has 0 aliphatic carbocycles. The number of hydrogen-bond donors (Lipinski definition) is 1. The molecule has 22 heavy (non-hydrogen) atoms. The summed E-state index contributed by atoms with van der Waals surface area (Å²) in [6, 6.07) is -0.214. The zero-order valence-corrected chi connectivity index (χ0v) is 13.0. The molecule has 2 rings (SSSR count). The minimum Gasteiger partial charge on any atom is -0.383 e. The van der Waals surface area contributed by atoms with E-state index in [1.165, 1.54) is 0 Å². The number of nitrogens with zero attached hydrogens (tertiary/aromatic N) is 2.